The molecular formula is C14H15NO2S2. The minimum absolute atomic E-state index is 0.0393. The molecule has 0 aliphatic carbocycles. The van der Waals surface area contributed by atoms with Gasteiger partial charge in [-0.2, -0.15) is 0 Å². The van der Waals surface area contributed by atoms with Gasteiger partial charge < -0.3 is 5.32 Å². The first-order valence-corrected chi connectivity index (χ1v) is 7.79. The van der Waals surface area contributed by atoms with Gasteiger partial charge in [-0.05, 0) is 35.4 Å². The second-order valence-corrected chi connectivity index (χ2v) is 6.15. The molecule has 0 fully saturated rings. The van der Waals surface area contributed by atoms with Crippen LogP contribution in [0.25, 0.3) is 0 Å². The van der Waals surface area contributed by atoms with E-state index in [2.05, 4.69) is 5.32 Å². The second kappa shape index (κ2) is 6.63. The quantitative estimate of drug-likeness (QED) is 0.830. The largest absolute Gasteiger partial charge is 0.351 e. The van der Waals surface area contributed by atoms with Crippen LogP contribution in [0, 0.1) is 6.92 Å². The van der Waals surface area contributed by atoms with Crippen LogP contribution in [0.3, 0.4) is 0 Å². The molecule has 19 heavy (non-hydrogen) atoms. The van der Waals surface area contributed by atoms with Crippen LogP contribution in [-0.4, -0.2) is 11.7 Å². The first kappa shape index (κ1) is 14.0. The van der Waals surface area contributed by atoms with Crippen molar-refractivity contribution in [1.29, 1.82) is 0 Å². The molecule has 0 saturated heterocycles. The SMILES string of the molecule is Cc1ccsc1CNC(=O)CCC(=O)c1cccs1. The molecule has 100 valence electrons. The van der Waals surface area contributed by atoms with Crippen molar-refractivity contribution in [3.05, 3.63) is 44.3 Å². The monoisotopic (exact) mass is 293 g/mol. The predicted octanol–water partition coefficient (Wildman–Crippen LogP) is 3.40. The van der Waals surface area contributed by atoms with Gasteiger partial charge in [-0.3, -0.25) is 9.59 Å². The highest BCUT2D eigenvalue weighted by Crippen LogP contribution is 2.15. The summed E-state index contributed by atoms with van der Waals surface area (Å²) in [5.74, 6) is -0.0323. The van der Waals surface area contributed by atoms with Gasteiger partial charge in [0, 0.05) is 17.7 Å². The van der Waals surface area contributed by atoms with Crippen LogP contribution in [-0.2, 0) is 11.3 Å². The molecule has 0 aliphatic heterocycles. The van der Waals surface area contributed by atoms with E-state index in [1.54, 1.807) is 17.4 Å². The number of aryl methyl sites for hydroxylation is 1. The summed E-state index contributed by atoms with van der Waals surface area (Å²) in [4.78, 5) is 25.3. The molecule has 0 bridgehead atoms. The van der Waals surface area contributed by atoms with Crippen molar-refractivity contribution >= 4 is 34.4 Å². The van der Waals surface area contributed by atoms with Crippen LogP contribution in [0.1, 0.15) is 33.0 Å². The topological polar surface area (TPSA) is 46.2 Å². The van der Waals surface area contributed by atoms with E-state index in [1.807, 2.05) is 29.8 Å². The molecule has 2 aromatic heterocycles. The maximum atomic E-state index is 11.7. The number of hydrogen-bond donors (Lipinski definition) is 1. The molecule has 5 heteroatoms. The smallest absolute Gasteiger partial charge is 0.220 e. The molecule has 0 aromatic carbocycles. The zero-order valence-corrected chi connectivity index (χ0v) is 12.3. The molecule has 0 radical (unpaired) electrons. The molecule has 1 N–H and O–H groups in total. The zero-order chi connectivity index (χ0) is 13.7. The fourth-order valence-corrected chi connectivity index (χ4v) is 3.18. The Balaban J connectivity index is 1.73. The molecule has 0 aliphatic rings. The Morgan fingerprint density at radius 3 is 2.63 bits per heavy atom. The van der Waals surface area contributed by atoms with E-state index in [0.717, 1.165) is 9.75 Å². The number of carbonyl (C=O) groups excluding carboxylic acids is 2. The number of amides is 1. The minimum Gasteiger partial charge on any atom is -0.351 e. The summed E-state index contributed by atoms with van der Waals surface area (Å²) in [6.45, 7) is 2.58. The standard InChI is InChI=1S/C14H15NO2S2/c1-10-6-8-19-13(10)9-15-14(17)5-4-11(16)12-3-2-7-18-12/h2-3,6-8H,4-5,9H2,1H3,(H,15,17). The van der Waals surface area contributed by atoms with Crippen LogP contribution >= 0.6 is 22.7 Å². The van der Waals surface area contributed by atoms with Crippen molar-refractivity contribution in [3.63, 3.8) is 0 Å². The summed E-state index contributed by atoms with van der Waals surface area (Å²) < 4.78 is 0. The summed E-state index contributed by atoms with van der Waals surface area (Å²) in [7, 11) is 0. The van der Waals surface area contributed by atoms with Gasteiger partial charge in [0.05, 0.1) is 11.4 Å². The van der Waals surface area contributed by atoms with Crippen molar-refractivity contribution < 1.29 is 9.59 Å². The van der Waals surface area contributed by atoms with Crippen molar-refractivity contribution in [2.24, 2.45) is 0 Å². The van der Waals surface area contributed by atoms with Gasteiger partial charge >= 0.3 is 0 Å². The third kappa shape index (κ3) is 4.01. The fourth-order valence-electron chi connectivity index (χ4n) is 1.64. The number of Topliss-reactive ketones (excluding diaryl/α,β-unsaturated/α-hetero) is 1. The molecule has 1 amide bonds. The van der Waals surface area contributed by atoms with E-state index < -0.39 is 0 Å². The van der Waals surface area contributed by atoms with Gasteiger partial charge in [-0.15, -0.1) is 22.7 Å². The van der Waals surface area contributed by atoms with Crippen molar-refractivity contribution in [3.8, 4) is 0 Å². The molecular weight excluding hydrogens is 278 g/mol. The van der Waals surface area contributed by atoms with Gasteiger partial charge in [0.15, 0.2) is 5.78 Å². The first-order valence-electron chi connectivity index (χ1n) is 6.03. The highest BCUT2D eigenvalue weighted by atomic mass is 32.1. The number of ketones is 1. The normalized spacial score (nSPS) is 10.4. The average Bonchev–Trinajstić information content (AvgIpc) is 3.05. The van der Waals surface area contributed by atoms with Crippen LogP contribution in [0.2, 0.25) is 0 Å². The molecule has 2 rings (SSSR count). The molecule has 2 aromatic rings. The summed E-state index contributed by atoms with van der Waals surface area (Å²) >= 11 is 3.05. The maximum absolute atomic E-state index is 11.7. The number of nitrogens with one attached hydrogen (secondary N) is 1. The van der Waals surface area contributed by atoms with Gasteiger partial charge in [0.1, 0.15) is 0 Å². The average molecular weight is 293 g/mol. The number of rotatable bonds is 6. The van der Waals surface area contributed by atoms with E-state index in [0.29, 0.717) is 6.54 Å². The van der Waals surface area contributed by atoms with E-state index >= 15 is 0 Å². The van der Waals surface area contributed by atoms with Crippen molar-refractivity contribution in [1.82, 2.24) is 5.32 Å². The highest BCUT2D eigenvalue weighted by Gasteiger charge is 2.10. The lowest BCUT2D eigenvalue weighted by Crippen LogP contribution is -2.23. The maximum Gasteiger partial charge on any atom is 0.220 e. The second-order valence-electron chi connectivity index (χ2n) is 4.20. The van der Waals surface area contributed by atoms with E-state index in [9.17, 15) is 9.59 Å². The summed E-state index contributed by atoms with van der Waals surface area (Å²) in [6, 6.07) is 5.67. The summed E-state index contributed by atoms with van der Waals surface area (Å²) in [5, 5.41) is 6.73. The van der Waals surface area contributed by atoms with E-state index in [1.165, 1.54) is 16.9 Å². The zero-order valence-electron chi connectivity index (χ0n) is 10.6. The molecule has 0 atom stereocenters. The first-order chi connectivity index (χ1) is 9.16. The third-order valence-electron chi connectivity index (χ3n) is 2.79. The Bertz CT molecular complexity index is 558. The summed E-state index contributed by atoms with van der Waals surface area (Å²) in [6.07, 6.45) is 0.525. The number of carbonyl (C=O) groups is 2. The predicted molar refractivity (Wildman–Crippen MR) is 78.8 cm³/mol. The Hall–Kier alpha value is -1.46. The lowest BCUT2D eigenvalue weighted by molar-refractivity contribution is -0.121. The van der Waals surface area contributed by atoms with E-state index in [4.69, 9.17) is 0 Å². The van der Waals surface area contributed by atoms with Crippen molar-refractivity contribution in [2.45, 2.75) is 26.3 Å². The van der Waals surface area contributed by atoms with Gasteiger partial charge in [-0.1, -0.05) is 6.07 Å². The Morgan fingerprint density at radius 2 is 2.00 bits per heavy atom. The van der Waals surface area contributed by atoms with Crippen molar-refractivity contribution in [2.75, 3.05) is 0 Å². The lowest BCUT2D eigenvalue weighted by Gasteiger charge is -2.04. The fraction of sp³-hybridized carbons (Fsp3) is 0.286. The highest BCUT2D eigenvalue weighted by molar-refractivity contribution is 7.12. The van der Waals surface area contributed by atoms with Crippen LogP contribution in [0.15, 0.2) is 29.0 Å². The Morgan fingerprint density at radius 1 is 1.16 bits per heavy atom. The van der Waals surface area contributed by atoms with E-state index in [-0.39, 0.29) is 24.5 Å². The Kier molecular flexibility index (Phi) is 4.87. The summed E-state index contributed by atoms with van der Waals surface area (Å²) in [5.41, 5.74) is 1.19. The van der Waals surface area contributed by atoms with Gasteiger partial charge in [-0.25, -0.2) is 0 Å². The molecule has 3 nitrogen and oxygen atoms in total. The molecule has 0 unspecified atom stereocenters. The van der Waals surface area contributed by atoms with Gasteiger partial charge in [0.25, 0.3) is 0 Å². The van der Waals surface area contributed by atoms with Gasteiger partial charge in [0.2, 0.25) is 5.91 Å². The lowest BCUT2D eigenvalue weighted by atomic mass is 10.2. The number of thiophene rings is 2. The molecule has 2 heterocycles. The number of hydrogen-bond acceptors (Lipinski definition) is 4. The van der Waals surface area contributed by atoms with Crippen LogP contribution in [0.5, 0.6) is 0 Å². The molecule has 0 saturated carbocycles. The van der Waals surface area contributed by atoms with Crippen LogP contribution in [0.4, 0.5) is 0 Å². The third-order valence-corrected chi connectivity index (χ3v) is 4.72. The molecule has 0 spiro atoms. The Labute approximate surface area is 120 Å². The van der Waals surface area contributed by atoms with Crippen LogP contribution < -0.4 is 5.32 Å². The minimum atomic E-state index is -0.0716.